The molecule has 1 saturated heterocycles. The fourth-order valence-electron chi connectivity index (χ4n) is 2.00. The predicted molar refractivity (Wildman–Crippen MR) is 85.8 cm³/mol. The van der Waals surface area contributed by atoms with E-state index in [2.05, 4.69) is 0 Å². The largest absolute Gasteiger partial charge is 1.00 e. The molecule has 6 N–H and O–H groups in total. The maximum absolute atomic E-state index is 11.8. The maximum Gasteiger partial charge on any atom is 1.00 e. The Balaban J connectivity index is 0. The number of amides is 5. The fraction of sp³-hybridized carbons (Fsp3) is 0.429. The molecule has 28 heavy (non-hydrogen) atoms. The van der Waals surface area contributed by atoms with E-state index in [0.717, 1.165) is 6.08 Å². The Morgan fingerprint density at radius 3 is 2.25 bits per heavy atom. The van der Waals surface area contributed by atoms with Crippen molar-refractivity contribution in [2.45, 2.75) is 12.6 Å². The summed E-state index contributed by atoms with van der Waals surface area (Å²) in [5, 5.41) is 49.5. The molecule has 0 aromatic carbocycles. The second kappa shape index (κ2) is 14.6. The number of nitrogens with one attached hydrogen (secondary N) is 2. The molecule has 0 aromatic heterocycles. The van der Waals surface area contributed by atoms with E-state index >= 15 is 0 Å². The molecule has 0 spiro atoms. The standard InChI is InChI=1S/C8H14N4O7.C6H8O2.K/c13-1-8(11(3-15)6(18)9-2-14)5(17)10-7(19)12(8)4-16;1-2-3-4-5-6(7)8;/h13-16H,1-4H2,(H,9,18)(H,10,17,19);2-5H,1H3,(H,7,8);/q;;+1/p-1/b;3-2+,5-4+;. The van der Waals surface area contributed by atoms with Crippen LogP contribution in [0.5, 0.6) is 0 Å². The van der Waals surface area contributed by atoms with Crippen molar-refractivity contribution in [3.05, 3.63) is 24.3 Å². The van der Waals surface area contributed by atoms with Gasteiger partial charge in [0.05, 0.1) is 12.6 Å². The van der Waals surface area contributed by atoms with Crippen LogP contribution in [-0.4, -0.2) is 86.6 Å². The van der Waals surface area contributed by atoms with Crippen LogP contribution in [0.15, 0.2) is 24.3 Å². The van der Waals surface area contributed by atoms with Gasteiger partial charge in [-0.1, -0.05) is 18.2 Å². The minimum absolute atomic E-state index is 0. The second-order valence-corrected chi connectivity index (χ2v) is 4.72. The molecule has 0 aromatic rings. The van der Waals surface area contributed by atoms with E-state index in [1.807, 2.05) is 5.32 Å². The summed E-state index contributed by atoms with van der Waals surface area (Å²) < 4.78 is 0. The minimum Gasteiger partial charge on any atom is -0.545 e. The first kappa shape index (κ1) is 28.8. The molecule has 1 atom stereocenters. The molecule has 1 fully saturated rings. The van der Waals surface area contributed by atoms with E-state index in [9.17, 15) is 29.4 Å². The van der Waals surface area contributed by atoms with E-state index in [1.54, 1.807) is 24.4 Å². The van der Waals surface area contributed by atoms with Crippen molar-refractivity contribution in [3.63, 3.8) is 0 Å². The smallest absolute Gasteiger partial charge is 0.545 e. The molecular weight excluding hydrogens is 407 g/mol. The van der Waals surface area contributed by atoms with Crippen LogP contribution in [0, 0.1) is 0 Å². The number of aliphatic hydroxyl groups is 4. The molecule has 152 valence electrons. The van der Waals surface area contributed by atoms with Crippen LogP contribution in [0.4, 0.5) is 9.59 Å². The Bertz CT molecular complexity index is 614. The number of carbonyl (C=O) groups excluding carboxylic acids is 4. The zero-order valence-electron chi connectivity index (χ0n) is 15.4. The summed E-state index contributed by atoms with van der Waals surface area (Å²) in [4.78, 5) is 45.3. The Morgan fingerprint density at radius 2 is 1.86 bits per heavy atom. The maximum atomic E-state index is 11.8. The molecule has 1 rings (SSSR count). The van der Waals surface area contributed by atoms with Crippen molar-refractivity contribution in [2.75, 3.05) is 26.8 Å². The van der Waals surface area contributed by atoms with Gasteiger partial charge in [0.25, 0.3) is 5.91 Å². The van der Waals surface area contributed by atoms with Crippen LogP contribution >= 0.6 is 0 Å². The van der Waals surface area contributed by atoms with Gasteiger partial charge in [-0.05, 0) is 13.0 Å². The van der Waals surface area contributed by atoms with Crippen LogP contribution in [0.2, 0.25) is 0 Å². The summed E-state index contributed by atoms with van der Waals surface area (Å²) in [5.41, 5.74) is -2.28. The SMILES string of the molecule is C/C=C/C=C/C(=O)[O-].O=C(NCO)N(CO)C1(CO)C(=O)NC(=O)N1CO.[K+]. The molecule has 0 saturated carbocycles. The molecule has 1 aliphatic heterocycles. The number of hydrogen-bond donors (Lipinski definition) is 6. The third-order valence-electron chi connectivity index (χ3n) is 3.24. The van der Waals surface area contributed by atoms with Crippen molar-refractivity contribution < 1.29 is 96.1 Å². The van der Waals surface area contributed by atoms with Crippen LogP contribution in [-0.2, 0) is 9.59 Å². The van der Waals surface area contributed by atoms with Gasteiger partial charge in [0.2, 0.25) is 5.66 Å². The molecule has 1 heterocycles. The molecule has 0 bridgehead atoms. The van der Waals surface area contributed by atoms with E-state index < -0.39 is 56.4 Å². The summed E-state index contributed by atoms with van der Waals surface area (Å²) in [6.07, 6.45) is 5.74. The average Bonchev–Trinajstić information content (AvgIpc) is 2.86. The molecular formula is C14H21KN4O9. The van der Waals surface area contributed by atoms with Gasteiger partial charge in [0, 0.05) is 0 Å². The van der Waals surface area contributed by atoms with Crippen LogP contribution < -0.4 is 67.1 Å². The first-order valence-corrected chi connectivity index (χ1v) is 7.39. The summed E-state index contributed by atoms with van der Waals surface area (Å²) in [5.74, 6) is -2.25. The van der Waals surface area contributed by atoms with Gasteiger partial charge in [-0.25, -0.2) is 9.59 Å². The topological polar surface area (TPSA) is 203 Å². The van der Waals surface area contributed by atoms with Crippen molar-refractivity contribution >= 4 is 23.9 Å². The number of rotatable bonds is 7. The number of hydrogen-bond acceptors (Lipinski definition) is 9. The van der Waals surface area contributed by atoms with Crippen LogP contribution in [0.25, 0.3) is 0 Å². The number of imide groups is 1. The van der Waals surface area contributed by atoms with Crippen molar-refractivity contribution in [3.8, 4) is 0 Å². The van der Waals surface area contributed by atoms with Crippen LogP contribution in [0.3, 0.4) is 0 Å². The third-order valence-corrected chi connectivity index (χ3v) is 3.24. The number of carbonyl (C=O) groups is 4. The van der Waals surface area contributed by atoms with Gasteiger partial charge in [0.1, 0.15) is 20.2 Å². The van der Waals surface area contributed by atoms with Crippen molar-refractivity contribution in [1.82, 2.24) is 20.4 Å². The summed E-state index contributed by atoms with van der Waals surface area (Å²) in [6, 6.07) is -2.14. The molecule has 14 heteroatoms. The van der Waals surface area contributed by atoms with Gasteiger partial charge in [-0.3, -0.25) is 19.9 Å². The number of nitrogens with zero attached hydrogens (tertiary/aromatic N) is 2. The van der Waals surface area contributed by atoms with Crippen LogP contribution in [0.1, 0.15) is 6.92 Å². The first-order chi connectivity index (χ1) is 12.8. The summed E-state index contributed by atoms with van der Waals surface area (Å²) >= 11 is 0. The normalized spacial score (nSPS) is 18.4. The van der Waals surface area contributed by atoms with Crippen molar-refractivity contribution in [1.29, 1.82) is 0 Å². The Kier molecular flexibility index (Phi) is 15.0. The third kappa shape index (κ3) is 7.23. The first-order valence-electron chi connectivity index (χ1n) is 7.39. The molecule has 1 unspecified atom stereocenters. The van der Waals surface area contributed by atoms with E-state index in [0.29, 0.717) is 9.80 Å². The van der Waals surface area contributed by atoms with E-state index in [-0.39, 0.29) is 51.4 Å². The fourth-order valence-corrected chi connectivity index (χ4v) is 2.00. The summed E-state index contributed by atoms with van der Waals surface area (Å²) in [7, 11) is 0. The van der Waals surface area contributed by atoms with Gasteiger partial charge in [-0.15, -0.1) is 0 Å². The monoisotopic (exact) mass is 428 g/mol. The Hall–Kier alpha value is -1.36. The number of allylic oxidation sites excluding steroid dienone is 3. The van der Waals surface area contributed by atoms with E-state index in [1.165, 1.54) is 6.08 Å². The summed E-state index contributed by atoms with van der Waals surface area (Å²) in [6.45, 7) is -2.04. The Morgan fingerprint density at radius 1 is 1.25 bits per heavy atom. The average molecular weight is 428 g/mol. The van der Waals surface area contributed by atoms with Gasteiger partial charge in [0.15, 0.2) is 0 Å². The number of carboxylic acid groups (broad SMARTS) is 1. The quantitative estimate of drug-likeness (QED) is 0.0748. The molecule has 1 aliphatic rings. The van der Waals surface area contributed by atoms with E-state index in [4.69, 9.17) is 15.3 Å². The zero-order chi connectivity index (χ0) is 21.0. The van der Waals surface area contributed by atoms with Crippen molar-refractivity contribution in [2.24, 2.45) is 0 Å². The molecule has 5 amide bonds. The molecule has 13 nitrogen and oxygen atoms in total. The van der Waals surface area contributed by atoms with Gasteiger partial charge in [-0.2, -0.15) is 0 Å². The predicted octanol–water partition coefficient (Wildman–Crippen LogP) is -7.04. The number of urea groups is 2. The number of aliphatic carboxylic acids is 1. The number of aliphatic hydroxyl groups excluding tert-OH is 4. The zero-order valence-corrected chi connectivity index (χ0v) is 18.5. The van der Waals surface area contributed by atoms with Gasteiger partial charge < -0.3 is 35.6 Å². The Labute approximate surface area is 202 Å². The molecule has 0 radical (unpaired) electrons. The van der Waals surface area contributed by atoms with Gasteiger partial charge >= 0.3 is 63.4 Å². The minimum atomic E-state index is -2.28. The molecule has 0 aliphatic carbocycles. The number of carboxylic acids is 1. The second-order valence-electron chi connectivity index (χ2n) is 4.72.